The fourth-order valence-electron chi connectivity index (χ4n) is 3.22. The molecule has 1 aromatic rings. The van der Waals surface area contributed by atoms with Crippen LogP contribution in [0.2, 0.25) is 0 Å². The lowest BCUT2D eigenvalue weighted by molar-refractivity contribution is 0.199. The van der Waals surface area contributed by atoms with Gasteiger partial charge < -0.3 is 4.90 Å². The molecular weight excluding hydrogens is 238 g/mol. The van der Waals surface area contributed by atoms with Crippen LogP contribution in [0.1, 0.15) is 36.9 Å². The molecule has 0 bridgehead atoms. The number of piperidine rings is 1. The molecule has 0 aromatic carbocycles. The van der Waals surface area contributed by atoms with E-state index in [9.17, 15) is 4.79 Å². The van der Waals surface area contributed by atoms with Crippen molar-refractivity contribution < 1.29 is 0 Å². The van der Waals surface area contributed by atoms with E-state index in [0.717, 1.165) is 32.5 Å². The molecule has 1 aliphatic heterocycles. The summed E-state index contributed by atoms with van der Waals surface area (Å²) in [6.45, 7) is 3.09. The van der Waals surface area contributed by atoms with Crippen LogP contribution in [0.4, 0.5) is 0 Å². The Balaban J connectivity index is 1.75. The Morgan fingerprint density at radius 2 is 2.00 bits per heavy atom. The van der Waals surface area contributed by atoms with Crippen molar-refractivity contribution >= 4 is 0 Å². The third kappa shape index (κ3) is 2.89. The van der Waals surface area contributed by atoms with Crippen molar-refractivity contribution in [3.8, 4) is 0 Å². The summed E-state index contributed by atoms with van der Waals surface area (Å²) in [5.41, 5.74) is 2.45. The van der Waals surface area contributed by atoms with Crippen LogP contribution in [0.15, 0.2) is 10.9 Å². The Labute approximate surface area is 114 Å². The summed E-state index contributed by atoms with van der Waals surface area (Å²) < 4.78 is 1.72. The van der Waals surface area contributed by atoms with E-state index in [1.54, 1.807) is 4.68 Å². The molecule has 0 spiro atoms. The van der Waals surface area contributed by atoms with E-state index < -0.39 is 0 Å². The average molecular weight is 261 g/mol. The van der Waals surface area contributed by atoms with Crippen LogP contribution in [0, 0.1) is 5.92 Å². The maximum Gasteiger partial charge on any atom is 0.267 e. The van der Waals surface area contributed by atoms with Crippen LogP contribution in [-0.4, -0.2) is 34.8 Å². The molecule has 0 unspecified atom stereocenters. The number of rotatable bonds is 2. The minimum Gasteiger partial charge on any atom is -0.306 e. The molecule has 0 atom stereocenters. The summed E-state index contributed by atoms with van der Waals surface area (Å²) in [6.07, 6.45) is 6.86. The zero-order valence-corrected chi connectivity index (χ0v) is 11.8. The van der Waals surface area contributed by atoms with Crippen molar-refractivity contribution in [3.63, 3.8) is 0 Å². The largest absolute Gasteiger partial charge is 0.306 e. The molecule has 2 aliphatic rings. The number of likely N-dealkylation sites (tertiary alicyclic amines) is 1. The average Bonchev–Trinajstić information content (AvgIpc) is 2.42. The topological polar surface area (TPSA) is 38.1 Å². The van der Waals surface area contributed by atoms with Gasteiger partial charge in [0, 0.05) is 12.6 Å². The quantitative estimate of drug-likeness (QED) is 0.809. The van der Waals surface area contributed by atoms with Crippen LogP contribution >= 0.6 is 0 Å². The van der Waals surface area contributed by atoms with Gasteiger partial charge in [-0.3, -0.25) is 4.79 Å². The van der Waals surface area contributed by atoms with Crippen molar-refractivity contribution in [2.75, 3.05) is 20.1 Å². The highest BCUT2D eigenvalue weighted by molar-refractivity contribution is 5.20. The third-order valence-corrected chi connectivity index (χ3v) is 4.54. The lowest BCUT2D eigenvalue weighted by Crippen LogP contribution is -2.35. The van der Waals surface area contributed by atoms with E-state index in [2.05, 4.69) is 17.0 Å². The maximum atomic E-state index is 12.1. The molecule has 2 heterocycles. The van der Waals surface area contributed by atoms with Gasteiger partial charge in [-0.15, -0.1) is 0 Å². The highest BCUT2D eigenvalue weighted by atomic mass is 16.1. The smallest absolute Gasteiger partial charge is 0.267 e. The fourth-order valence-corrected chi connectivity index (χ4v) is 3.22. The first-order chi connectivity index (χ1) is 9.22. The number of hydrogen-bond donors (Lipinski definition) is 0. The van der Waals surface area contributed by atoms with Gasteiger partial charge >= 0.3 is 0 Å². The minimum atomic E-state index is 0.0968. The number of fused-ring (bicyclic) bond motifs is 1. The van der Waals surface area contributed by atoms with Gasteiger partial charge in [0.15, 0.2) is 0 Å². The summed E-state index contributed by atoms with van der Waals surface area (Å²) in [4.78, 5) is 14.5. The van der Waals surface area contributed by atoms with Crippen LogP contribution in [-0.2, 0) is 19.4 Å². The van der Waals surface area contributed by atoms with Gasteiger partial charge in [0.25, 0.3) is 5.56 Å². The fraction of sp³-hybridized carbons (Fsp3) is 0.733. The molecule has 1 saturated heterocycles. The van der Waals surface area contributed by atoms with Gasteiger partial charge in [0.05, 0.1) is 5.69 Å². The third-order valence-electron chi connectivity index (χ3n) is 4.54. The lowest BCUT2D eigenvalue weighted by atomic mass is 9.96. The monoisotopic (exact) mass is 261 g/mol. The SMILES string of the molecule is CN1CCC(Cn2nc3c(cc2=O)CCCC3)CC1. The zero-order valence-electron chi connectivity index (χ0n) is 11.8. The van der Waals surface area contributed by atoms with Crippen LogP contribution in [0.5, 0.6) is 0 Å². The van der Waals surface area contributed by atoms with E-state index in [1.807, 2.05) is 6.07 Å². The van der Waals surface area contributed by atoms with Crippen molar-refractivity contribution in [1.82, 2.24) is 14.7 Å². The van der Waals surface area contributed by atoms with Gasteiger partial charge in [0.2, 0.25) is 0 Å². The van der Waals surface area contributed by atoms with Crippen molar-refractivity contribution in [2.45, 2.75) is 45.1 Å². The summed E-state index contributed by atoms with van der Waals surface area (Å²) in [5.74, 6) is 0.614. The van der Waals surface area contributed by atoms with Gasteiger partial charge in [-0.25, -0.2) is 4.68 Å². The van der Waals surface area contributed by atoms with Crippen LogP contribution < -0.4 is 5.56 Å². The molecule has 0 amide bonds. The van der Waals surface area contributed by atoms with Crippen molar-refractivity contribution in [1.29, 1.82) is 0 Å². The highest BCUT2D eigenvalue weighted by Crippen LogP contribution is 2.19. The summed E-state index contributed by atoms with van der Waals surface area (Å²) in [7, 11) is 2.17. The molecule has 0 radical (unpaired) electrons. The molecule has 3 rings (SSSR count). The van der Waals surface area contributed by atoms with Gasteiger partial charge in [-0.1, -0.05) is 0 Å². The molecule has 1 fully saturated rings. The molecular formula is C15H23N3O. The predicted octanol–water partition coefficient (Wildman–Crippen LogP) is 1.46. The molecule has 104 valence electrons. The van der Waals surface area contributed by atoms with Crippen molar-refractivity contribution in [3.05, 3.63) is 27.7 Å². The maximum absolute atomic E-state index is 12.1. The standard InChI is InChI=1S/C15H23N3O/c1-17-8-6-12(7-9-17)11-18-15(19)10-13-4-2-3-5-14(13)16-18/h10,12H,2-9,11H2,1H3. The van der Waals surface area contributed by atoms with Crippen molar-refractivity contribution in [2.24, 2.45) is 5.92 Å². The summed E-state index contributed by atoms with van der Waals surface area (Å²) >= 11 is 0. The second-order valence-electron chi connectivity index (χ2n) is 6.09. The van der Waals surface area contributed by atoms with Crippen LogP contribution in [0.3, 0.4) is 0 Å². The van der Waals surface area contributed by atoms with E-state index in [4.69, 9.17) is 0 Å². The Morgan fingerprint density at radius 1 is 1.26 bits per heavy atom. The first kappa shape index (κ1) is 12.9. The normalized spacial score (nSPS) is 21.3. The molecule has 1 aromatic heterocycles. The first-order valence-corrected chi connectivity index (χ1v) is 7.51. The molecule has 1 aliphatic carbocycles. The number of nitrogens with zero attached hydrogens (tertiary/aromatic N) is 3. The molecule has 0 N–H and O–H groups in total. The van der Waals surface area contributed by atoms with Gasteiger partial charge in [-0.2, -0.15) is 5.10 Å². The van der Waals surface area contributed by atoms with E-state index in [0.29, 0.717) is 5.92 Å². The second kappa shape index (κ2) is 5.45. The molecule has 19 heavy (non-hydrogen) atoms. The molecule has 4 nitrogen and oxygen atoms in total. The van der Waals surface area contributed by atoms with E-state index in [1.165, 1.54) is 36.9 Å². The lowest BCUT2D eigenvalue weighted by Gasteiger charge is -2.29. The Hall–Kier alpha value is -1.16. The number of hydrogen-bond acceptors (Lipinski definition) is 3. The Kier molecular flexibility index (Phi) is 3.69. The van der Waals surface area contributed by atoms with E-state index >= 15 is 0 Å². The van der Waals surface area contributed by atoms with E-state index in [-0.39, 0.29) is 5.56 Å². The van der Waals surface area contributed by atoms with Gasteiger partial charge in [0.1, 0.15) is 0 Å². The van der Waals surface area contributed by atoms with Gasteiger partial charge in [-0.05, 0) is 70.1 Å². The summed E-state index contributed by atoms with van der Waals surface area (Å²) in [5, 5.41) is 4.62. The number of aromatic nitrogens is 2. The Morgan fingerprint density at radius 3 is 2.79 bits per heavy atom. The zero-order chi connectivity index (χ0) is 13.2. The number of aryl methyl sites for hydroxylation is 2. The molecule has 0 saturated carbocycles. The second-order valence-corrected chi connectivity index (χ2v) is 6.09. The Bertz CT molecular complexity index is 501. The summed E-state index contributed by atoms with van der Waals surface area (Å²) in [6, 6.07) is 1.83. The highest BCUT2D eigenvalue weighted by Gasteiger charge is 2.19. The minimum absolute atomic E-state index is 0.0968. The first-order valence-electron chi connectivity index (χ1n) is 7.51. The predicted molar refractivity (Wildman–Crippen MR) is 75.4 cm³/mol. The van der Waals surface area contributed by atoms with Crippen LogP contribution in [0.25, 0.3) is 0 Å². The molecule has 4 heteroatoms.